The molecular weight excluding hydrogens is 687 g/mol. The fraction of sp³-hybridized carbons (Fsp3) is 0.324. The molecule has 1 unspecified atom stereocenters. The summed E-state index contributed by atoms with van der Waals surface area (Å²) in [6.07, 6.45) is 1.67. The molecule has 3 aromatic rings. The fourth-order valence-corrected chi connectivity index (χ4v) is 6.80. The van der Waals surface area contributed by atoms with E-state index in [4.69, 9.17) is 0 Å². The van der Waals surface area contributed by atoms with Gasteiger partial charge >= 0.3 is 0 Å². The van der Waals surface area contributed by atoms with Crippen LogP contribution >= 0.6 is 0 Å². The number of carbonyl (C=O) groups excluding carboxylic acids is 7. The number of carbonyl (C=O) groups is 7. The number of H-pyrrole nitrogens is 1. The maximum absolute atomic E-state index is 13.9. The van der Waals surface area contributed by atoms with Gasteiger partial charge < -0.3 is 31.2 Å². The Bertz CT molecular complexity index is 2090. The normalized spacial score (nSPS) is 17.2. The number of aryl methyl sites for hydroxylation is 1. The molecule has 53 heavy (non-hydrogen) atoms. The molecule has 3 aliphatic rings. The minimum atomic E-state index is -1.09. The summed E-state index contributed by atoms with van der Waals surface area (Å²) in [5.74, 6) is -3.92. The van der Waals surface area contributed by atoms with E-state index >= 15 is 0 Å². The first-order chi connectivity index (χ1) is 25.4. The van der Waals surface area contributed by atoms with Gasteiger partial charge in [0.25, 0.3) is 23.6 Å². The third-order valence-electron chi connectivity index (χ3n) is 9.58. The molecule has 0 aliphatic carbocycles. The lowest BCUT2D eigenvalue weighted by Gasteiger charge is -2.27. The van der Waals surface area contributed by atoms with Gasteiger partial charge in [-0.25, -0.2) is 4.39 Å². The van der Waals surface area contributed by atoms with Crippen molar-refractivity contribution >= 4 is 64.4 Å². The fourth-order valence-electron chi connectivity index (χ4n) is 6.80. The number of anilines is 2. The van der Waals surface area contributed by atoms with E-state index in [2.05, 4.69) is 31.6 Å². The summed E-state index contributed by atoms with van der Waals surface area (Å²) < 4.78 is 13.9. The third kappa shape index (κ3) is 7.44. The van der Waals surface area contributed by atoms with E-state index in [0.717, 1.165) is 4.90 Å². The number of aromatic amines is 1. The topological polar surface area (TPSA) is 202 Å². The summed E-state index contributed by atoms with van der Waals surface area (Å²) in [5.41, 5.74) is 4.02. The quantitative estimate of drug-likeness (QED) is 0.113. The SMILES string of the molecule is CCN(CCNC(=O)CNc1cccc2c1C(=O)N(C1CCC(=O)NC1=O)C2=O)CCNC(=O)c1c(C)[nH]c(/C=C2\C(=O)Nc3ccc(F)cc32)c1C. The highest BCUT2D eigenvalue weighted by Gasteiger charge is 2.45. The van der Waals surface area contributed by atoms with Crippen LogP contribution in [0.3, 0.4) is 0 Å². The molecule has 4 heterocycles. The molecule has 3 aliphatic heterocycles. The number of rotatable bonds is 13. The number of fused-ring (bicyclic) bond motifs is 2. The number of imide groups is 2. The standard InChI is InChI=1S/C37H39FN8O7/c1-4-45(15-13-40-35(51)31-19(2)27(42-20(31)3)17-24-23-16-21(38)8-9-25(23)43-33(24)49)14-12-39-30(48)18-41-26-7-5-6-22-32(26)37(53)46(36(22)52)28-10-11-29(47)44-34(28)50/h5-9,16-17,28,41-42H,4,10-15,18H2,1-3H3,(H,39,48)(H,40,51)(H,43,49)(H,44,47,50)/b24-17-. The van der Waals surface area contributed by atoms with Crippen LogP contribution in [0.5, 0.6) is 0 Å². The minimum Gasteiger partial charge on any atom is -0.375 e. The first-order valence-electron chi connectivity index (χ1n) is 17.3. The van der Waals surface area contributed by atoms with E-state index in [0.29, 0.717) is 72.1 Å². The summed E-state index contributed by atoms with van der Waals surface area (Å²) in [5, 5.41) is 13.6. The van der Waals surface area contributed by atoms with Gasteiger partial charge in [0.2, 0.25) is 17.7 Å². The molecule has 0 saturated carbocycles. The van der Waals surface area contributed by atoms with Crippen LogP contribution in [-0.2, 0) is 19.2 Å². The van der Waals surface area contributed by atoms with Gasteiger partial charge in [-0.05, 0) is 68.8 Å². The first kappa shape index (κ1) is 36.6. The summed E-state index contributed by atoms with van der Waals surface area (Å²) >= 11 is 0. The van der Waals surface area contributed by atoms with Crippen molar-refractivity contribution in [1.82, 2.24) is 30.7 Å². The molecule has 1 saturated heterocycles. The zero-order valence-corrected chi connectivity index (χ0v) is 29.4. The van der Waals surface area contributed by atoms with Crippen molar-refractivity contribution in [2.24, 2.45) is 0 Å². The van der Waals surface area contributed by atoms with E-state index in [1.165, 1.54) is 24.3 Å². The molecule has 6 rings (SSSR count). The Morgan fingerprint density at radius 1 is 0.981 bits per heavy atom. The van der Waals surface area contributed by atoms with E-state index in [-0.39, 0.29) is 53.9 Å². The van der Waals surface area contributed by atoms with Gasteiger partial charge in [-0.1, -0.05) is 13.0 Å². The molecule has 15 nitrogen and oxygen atoms in total. The van der Waals surface area contributed by atoms with Gasteiger partial charge in [0.15, 0.2) is 0 Å². The maximum atomic E-state index is 13.9. The largest absolute Gasteiger partial charge is 0.375 e. The summed E-state index contributed by atoms with van der Waals surface area (Å²) in [6, 6.07) is 7.61. The molecule has 0 bridgehead atoms. The lowest BCUT2D eigenvalue weighted by Crippen LogP contribution is -2.54. The average molecular weight is 727 g/mol. The molecule has 0 spiro atoms. The lowest BCUT2D eigenvalue weighted by molar-refractivity contribution is -0.136. The van der Waals surface area contributed by atoms with Crippen molar-refractivity contribution in [3.05, 3.63) is 81.4 Å². The smallest absolute Gasteiger partial charge is 0.264 e. The van der Waals surface area contributed by atoms with Gasteiger partial charge in [-0.15, -0.1) is 0 Å². The number of piperidine rings is 1. The molecule has 276 valence electrons. The number of aromatic nitrogens is 1. The Morgan fingerprint density at radius 2 is 1.74 bits per heavy atom. The van der Waals surface area contributed by atoms with Gasteiger partial charge in [0, 0.05) is 60.9 Å². The Hall–Kier alpha value is -6.16. The maximum Gasteiger partial charge on any atom is 0.264 e. The number of benzene rings is 2. The number of hydrogen-bond acceptors (Lipinski definition) is 9. The number of hydrogen-bond donors (Lipinski definition) is 6. The van der Waals surface area contributed by atoms with Gasteiger partial charge in [0.05, 0.1) is 28.8 Å². The predicted molar refractivity (Wildman–Crippen MR) is 192 cm³/mol. The van der Waals surface area contributed by atoms with Crippen LogP contribution in [0, 0.1) is 19.7 Å². The molecule has 16 heteroatoms. The summed E-state index contributed by atoms with van der Waals surface area (Å²) in [7, 11) is 0. The predicted octanol–water partition coefficient (Wildman–Crippen LogP) is 1.94. The first-order valence-corrected chi connectivity index (χ1v) is 17.3. The van der Waals surface area contributed by atoms with Crippen molar-refractivity contribution in [1.29, 1.82) is 0 Å². The Labute approximate surface area is 303 Å². The van der Waals surface area contributed by atoms with Crippen LogP contribution in [0.15, 0.2) is 36.4 Å². The van der Waals surface area contributed by atoms with E-state index < -0.39 is 35.5 Å². The average Bonchev–Trinajstić information content (AvgIpc) is 3.69. The van der Waals surface area contributed by atoms with Gasteiger partial charge in [-0.3, -0.25) is 43.8 Å². The minimum absolute atomic E-state index is 0.0107. The molecule has 0 radical (unpaired) electrons. The number of amides is 7. The lowest BCUT2D eigenvalue weighted by atomic mass is 10.0. The van der Waals surface area contributed by atoms with Crippen molar-refractivity contribution in [3.63, 3.8) is 0 Å². The summed E-state index contributed by atoms with van der Waals surface area (Å²) in [6.45, 7) is 7.63. The Kier molecular flexibility index (Phi) is 10.5. The molecule has 1 aromatic heterocycles. The van der Waals surface area contributed by atoms with Crippen LogP contribution in [-0.4, -0.2) is 101 Å². The number of nitrogens with zero attached hydrogens (tertiary/aromatic N) is 2. The number of likely N-dealkylation sites (N-methyl/N-ethyl adjacent to an activating group) is 1. The van der Waals surface area contributed by atoms with Gasteiger partial charge in [0.1, 0.15) is 11.9 Å². The van der Waals surface area contributed by atoms with E-state index in [1.807, 2.05) is 11.8 Å². The van der Waals surface area contributed by atoms with Crippen LogP contribution in [0.2, 0.25) is 0 Å². The highest BCUT2D eigenvalue weighted by molar-refractivity contribution is 6.35. The molecular formula is C37H39FN8O7. The van der Waals surface area contributed by atoms with Crippen LogP contribution in [0.25, 0.3) is 11.6 Å². The van der Waals surface area contributed by atoms with E-state index in [1.54, 1.807) is 32.1 Å². The molecule has 1 fully saturated rings. The Balaban J connectivity index is 0.970. The van der Waals surface area contributed by atoms with E-state index in [9.17, 15) is 38.0 Å². The highest BCUT2D eigenvalue weighted by atomic mass is 19.1. The zero-order chi connectivity index (χ0) is 38.0. The highest BCUT2D eigenvalue weighted by Crippen LogP contribution is 2.35. The number of nitrogens with one attached hydrogen (secondary N) is 6. The van der Waals surface area contributed by atoms with Crippen molar-refractivity contribution in [3.8, 4) is 0 Å². The van der Waals surface area contributed by atoms with Crippen LogP contribution in [0.1, 0.15) is 73.4 Å². The molecule has 1 atom stereocenters. The second kappa shape index (κ2) is 15.2. The third-order valence-corrected chi connectivity index (χ3v) is 9.58. The molecule has 2 aromatic carbocycles. The van der Waals surface area contributed by atoms with Crippen LogP contribution < -0.4 is 26.6 Å². The van der Waals surface area contributed by atoms with Crippen molar-refractivity contribution in [2.75, 3.05) is 49.9 Å². The Morgan fingerprint density at radius 3 is 2.47 bits per heavy atom. The second-order valence-electron chi connectivity index (χ2n) is 12.9. The second-order valence-corrected chi connectivity index (χ2v) is 12.9. The van der Waals surface area contributed by atoms with Crippen LogP contribution in [0.4, 0.5) is 15.8 Å². The van der Waals surface area contributed by atoms with Gasteiger partial charge in [-0.2, -0.15) is 0 Å². The summed E-state index contributed by atoms with van der Waals surface area (Å²) in [4.78, 5) is 94.9. The van der Waals surface area contributed by atoms with Crippen molar-refractivity contribution < 1.29 is 38.0 Å². The number of halogens is 1. The molecule has 6 N–H and O–H groups in total. The van der Waals surface area contributed by atoms with Crippen molar-refractivity contribution in [2.45, 2.75) is 39.7 Å². The monoisotopic (exact) mass is 726 g/mol. The zero-order valence-electron chi connectivity index (χ0n) is 29.4. The molecule has 7 amide bonds.